The molecule has 296 valence electrons. The minimum atomic E-state index is -0.880. The molecule has 4 heterocycles. The van der Waals surface area contributed by atoms with Gasteiger partial charge in [-0.3, -0.25) is 0 Å². The van der Waals surface area contributed by atoms with Crippen LogP contribution >= 0.6 is 0 Å². The molecule has 2 aliphatic rings. The van der Waals surface area contributed by atoms with Crippen LogP contribution in [0.25, 0.3) is 6.08 Å². The van der Waals surface area contributed by atoms with Crippen LogP contribution in [0.4, 0.5) is 0 Å². The second-order valence-corrected chi connectivity index (χ2v) is 14.5. The van der Waals surface area contributed by atoms with Crippen molar-refractivity contribution in [2.75, 3.05) is 7.11 Å². The van der Waals surface area contributed by atoms with E-state index in [4.69, 9.17) is 27.8 Å². The number of aliphatic hydroxyl groups is 2. The Kier molecular flexibility index (Phi) is 15.7. The summed E-state index contributed by atoms with van der Waals surface area (Å²) in [6.07, 6.45) is 28.0. The van der Waals surface area contributed by atoms with Gasteiger partial charge in [0.05, 0.1) is 24.7 Å². The number of nitrogens with zero attached hydrogens (tertiary/aromatic N) is 2. The molecule has 7 atom stereocenters. The highest BCUT2D eigenvalue weighted by atomic mass is 16.6. The second kappa shape index (κ2) is 20.2. The lowest BCUT2D eigenvalue weighted by atomic mass is 9.79. The molecular formula is C43H54N2O10. The van der Waals surface area contributed by atoms with Crippen LogP contribution in [0.3, 0.4) is 0 Å². The van der Waals surface area contributed by atoms with E-state index in [1.165, 1.54) is 12.5 Å². The molecule has 4 bridgehead atoms. The van der Waals surface area contributed by atoms with Gasteiger partial charge in [0.2, 0.25) is 5.89 Å². The Morgan fingerprint density at radius 3 is 1.95 bits per heavy atom. The summed E-state index contributed by atoms with van der Waals surface area (Å²) in [7, 11) is 1.56. The van der Waals surface area contributed by atoms with Crippen molar-refractivity contribution >= 4 is 18.0 Å². The molecule has 1 saturated heterocycles. The Hall–Kier alpha value is -4.88. The first-order chi connectivity index (χ1) is 26.3. The van der Waals surface area contributed by atoms with Crippen molar-refractivity contribution in [1.82, 2.24) is 9.97 Å². The molecule has 2 aromatic heterocycles. The summed E-state index contributed by atoms with van der Waals surface area (Å²) in [5.41, 5.74) is -1.66. The summed E-state index contributed by atoms with van der Waals surface area (Å²) in [5, 5.41) is 21.8. The molecule has 0 aliphatic carbocycles. The Balaban J connectivity index is 1.58. The van der Waals surface area contributed by atoms with Gasteiger partial charge in [0.15, 0.2) is 17.3 Å². The van der Waals surface area contributed by atoms with E-state index >= 15 is 0 Å². The van der Waals surface area contributed by atoms with Crippen LogP contribution in [0.2, 0.25) is 0 Å². The van der Waals surface area contributed by atoms with E-state index in [2.05, 4.69) is 9.97 Å². The number of hydrogen-bond acceptors (Lipinski definition) is 12. The summed E-state index contributed by atoms with van der Waals surface area (Å²) < 4.78 is 34.3. The molecule has 4 rings (SSSR count). The van der Waals surface area contributed by atoms with Gasteiger partial charge in [0, 0.05) is 36.9 Å². The molecule has 12 heteroatoms. The first-order valence-corrected chi connectivity index (χ1v) is 18.4. The number of aromatic nitrogens is 2. The number of oxazole rings is 2. The van der Waals surface area contributed by atoms with E-state index in [0.29, 0.717) is 18.7 Å². The average molecular weight is 759 g/mol. The average Bonchev–Trinajstić information content (AvgIpc) is 3.47. The number of epoxide rings is 1. The largest absolute Gasteiger partial charge is 0.457 e. The number of cyclic esters (lactones) is 2. The zero-order chi connectivity index (χ0) is 40.0. The molecule has 0 amide bonds. The molecule has 0 spiro atoms. The van der Waals surface area contributed by atoms with Crippen LogP contribution < -0.4 is 0 Å². The van der Waals surface area contributed by atoms with Gasteiger partial charge < -0.3 is 38.0 Å². The minimum Gasteiger partial charge on any atom is -0.457 e. The van der Waals surface area contributed by atoms with E-state index in [1.54, 1.807) is 49.6 Å². The van der Waals surface area contributed by atoms with Crippen molar-refractivity contribution in [1.29, 1.82) is 0 Å². The summed E-state index contributed by atoms with van der Waals surface area (Å²) in [5.74, 6) is -0.828. The molecular weight excluding hydrogens is 704 g/mol. The van der Waals surface area contributed by atoms with Crippen LogP contribution in [0.5, 0.6) is 0 Å². The van der Waals surface area contributed by atoms with Gasteiger partial charge in [-0.1, -0.05) is 119 Å². The molecule has 0 aromatic carbocycles. The van der Waals surface area contributed by atoms with E-state index < -0.39 is 53.3 Å². The third-order valence-corrected chi connectivity index (χ3v) is 9.64. The Labute approximate surface area is 323 Å². The number of fused-ring (bicyclic) bond motifs is 5. The standard InChI is InChI=1S/C43H54N2O10/c1-8-18-34(46)42(3,4)36-23-14-12-10-11-13-20-29(50-7)26-39-45-31(28-52-39)41(49)55-37(43(5,6)35(47)19-9-2)24-17-22-33-32(53-33)21-15-16-25-38-44-30(27-51-38)40(48)54-36/h8-22,25,27-29,32-37,46-47H,23-24,26H2,1-7H3/t29-,32-,33+,34-,35-,36-,37-/m0/s1. The maximum absolute atomic E-state index is 13.3. The van der Waals surface area contributed by atoms with E-state index in [0.717, 1.165) is 0 Å². The number of rotatable bonds is 7. The summed E-state index contributed by atoms with van der Waals surface area (Å²) in [4.78, 5) is 35.2. The molecule has 2 N–H and O–H groups in total. The third kappa shape index (κ3) is 12.3. The van der Waals surface area contributed by atoms with Crippen LogP contribution in [0.15, 0.2) is 113 Å². The Morgan fingerprint density at radius 2 is 1.31 bits per heavy atom. The van der Waals surface area contributed by atoms with Crippen molar-refractivity contribution in [3.63, 3.8) is 0 Å². The fourth-order valence-corrected chi connectivity index (χ4v) is 5.68. The van der Waals surface area contributed by atoms with Crippen LogP contribution in [0.1, 0.15) is 87.1 Å². The lowest BCUT2D eigenvalue weighted by Crippen LogP contribution is -2.42. The predicted octanol–water partition coefficient (Wildman–Crippen LogP) is 7.25. The van der Waals surface area contributed by atoms with Crippen molar-refractivity contribution in [2.24, 2.45) is 10.8 Å². The number of carbonyl (C=O) groups is 2. The number of allylic oxidation sites excluding steroid dienone is 8. The molecule has 55 heavy (non-hydrogen) atoms. The molecule has 1 fully saturated rings. The lowest BCUT2D eigenvalue weighted by Gasteiger charge is -2.36. The highest BCUT2D eigenvalue weighted by Crippen LogP contribution is 2.34. The molecule has 12 nitrogen and oxygen atoms in total. The van der Waals surface area contributed by atoms with Crippen molar-refractivity contribution in [2.45, 2.75) is 104 Å². The van der Waals surface area contributed by atoms with Crippen LogP contribution in [-0.4, -0.2) is 82.0 Å². The third-order valence-electron chi connectivity index (χ3n) is 9.64. The normalized spacial score (nSPS) is 24.8. The SMILES string of the molecule is CC=C[C@H](O)C(C)(C)[C@@H]1CC=CC=CC=C[C@H](OC)Cc2nc(co2)C(=O)O[C@H](C(C)(C)[C@@H](O)C=CC)CC=C[C@H]2O[C@H]2C=CC=Cc2nc(co2)C(=O)O1. The van der Waals surface area contributed by atoms with Gasteiger partial charge in [-0.2, -0.15) is 0 Å². The Morgan fingerprint density at radius 1 is 0.745 bits per heavy atom. The number of hydrogen-bond donors (Lipinski definition) is 2. The maximum atomic E-state index is 13.3. The first kappa shape index (κ1) is 42.9. The summed E-state index contributed by atoms with van der Waals surface area (Å²) in [6, 6.07) is 0. The number of carbonyl (C=O) groups excluding carboxylic acids is 2. The van der Waals surface area contributed by atoms with Gasteiger partial charge in [0.1, 0.15) is 36.9 Å². The minimum absolute atomic E-state index is 0.00780. The van der Waals surface area contributed by atoms with Crippen LogP contribution in [0, 0.1) is 10.8 Å². The molecule has 0 radical (unpaired) electrons. The van der Waals surface area contributed by atoms with Gasteiger partial charge >= 0.3 is 11.9 Å². The molecule has 2 aromatic rings. The van der Waals surface area contributed by atoms with Crippen molar-refractivity contribution in [3.05, 3.63) is 127 Å². The first-order valence-electron chi connectivity index (χ1n) is 18.4. The van der Waals surface area contributed by atoms with Crippen molar-refractivity contribution in [3.8, 4) is 0 Å². The van der Waals surface area contributed by atoms with E-state index in [9.17, 15) is 19.8 Å². The molecule has 0 saturated carbocycles. The number of aliphatic hydroxyl groups excluding tert-OH is 2. The Bertz CT molecular complexity index is 1800. The number of methoxy groups -OCH3 is 1. The zero-order valence-corrected chi connectivity index (χ0v) is 32.6. The molecule has 0 unspecified atom stereocenters. The highest BCUT2D eigenvalue weighted by molar-refractivity contribution is 5.87. The fourth-order valence-electron chi connectivity index (χ4n) is 5.68. The fraction of sp³-hybridized carbons (Fsp3) is 0.442. The van der Waals surface area contributed by atoms with Crippen molar-refractivity contribution < 1.29 is 47.6 Å². The molecule has 2 aliphatic heterocycles. The summed E-state index contributed by atoms with van der Waals surface area (Å²) >= 11 is 0. The zero-order valence-electron chi connectivity index (χ0n) is 32.6. The quantitative estimate of drug-likeness (QED) is 0.165. The smallest absolute Gasteiger partial charge is 0.360 e. The topological polar surface area (TPSA) is 167 Å². The lowest BCUT2D eigenvalue weighted by molar-refractivity contribution is -0.0461. The maximum Gasteiger partial charge on any atom is 0.360 e. The summed E-state index contributed by atoms with van der Waals surface area (Å²) in [6.45, 7) is 11.0. The van der Waals surface area contributed by atoms with Gasteiger partial charge in [-0.25, -0.2) is 19.6 Å². The van der Waals surface area contributed by atoms with Gasteiger partial charge in [0.25, 0.3) is 0 Å². The van der Waals surface area contributed by atoms with Gasteiger partial charge in [-0.15, -0.1) is 0 Å². The number of ether oxygens (including phenoxy) is 4. The van der Waals surface area contributed by atoms with Gasteiger partial charge in [-0.05, 0) is 13.8 Å². The second-order valence-electron chi connectivity index (χ2n) is 14.5. The highest BCUT2D eigenvalue weighted by Gasteiger charge is 2.40. The predicted molar refractivity (Wildman–Crippen MR) is 208 cm³/mol. The monoisotopic (exact) mass is 758 g/mol. The van der Waals surface area contributed by atoms with Crippen LogP contribution in [-0.2, 0) is 25.4 Å². The number of esters is 2. The van der Waals surface area contributed by atoms with E-state index in [-0.39, 0.29) is 35.9 Å². The van der Waals surface area contributed by atoms with E-state index in [1.807, 2.05) is 96.2 Å².